The molecule has 2 rings (SSSR count). The van der Waals surface area contributed by atoms with E-state index in [-0.39, 0.29) is 0 Å². The summed E-state index contributed by atoms with van der Waals surface area (Å²) in [7, 11) is -1.35. The smallest absolute Gasteiger partial charge is 0.204 e. The fourth-order valence-corrected chi connectivity index (χ4v) is 4.29. The van der Waals surface area contributed by atoms with E-state index < -0.39 is 9.84 Å². The Hall–Kier alpha value is -1.13. The Kier molecular flexibility index (Phi) is 4.66. The molecule has 0 aliphatic carbocycles. The molecule has 110 valence electrons. The molecule has 0 saturated heterocycles. The van der Waals surface area contributed by atoms with Crippen LogP contribution in [0.25, 0.3) is 0 Å². The maximum atomic E-state index is 12.8. The van der Waals surface area contributed by atoms with Gasteiger partial charge in [0.05, 0.1) is 9.80 Å². The molecule has 0 radical (unpaired) electrons. The van der Waals surface area contributed by atoms with Crippen LogP contribution in [0.1, 0.15) is 31.7 Å². The van der Waals surface area contributed by atoms with E-state index in [4.69, 9.17) is 0 Å². The SMILES string of the molecule is CCCCC1=C(S(=O)(=O)c2ccc(C)cc2)CN(C)C1. The number of benzene rings is 1. The van der Waals surface area contributed by atoms with Crippen LogP contribution in [0.15, 0.2) is 39.6 Å². The molecule has 1 aliphatic rings. The molecule has 0 atom stereocenters. The first kappa shape index (κ1) is 15.3. The third kappa shape index (κ3) is 3.13. The van der Waals surface area contributed by atoms with Gasteiger partial charge in [0.25, 0.3) is 0 Å². The molecule has 4 heteroatoms. The molecule has 1 aromatic rings. The molecule has 0 N–H and O–H groups in total. The van der Waals surface area contributed by atoms with Crippen LogP contribution < -0.4 is 0 Å². The highest BCUT2D eigenvalue weighted by atomic mass is 32.2. The summed E-state index contributed by atoms with van der Waals surface area (Å²) in [4.78, 5) is 3.12. The fourth-order valence-electron chi connectivity index (χ4n) is 2.57. The summed E-state index contributed by atoms with van der Waals surface area (Å²) in [5, 5.41) is 0. The molecular weight excluding hydrogens is 270 g/mol. The molecule has 0 fully saturated rings. The van der Waals surface area contributed by atoms with E-state index in [1.54, 1.807) is 12.1 Å². The molecule has 0 aromatic heterocycles. The van der Waals surface area contributed by atoms with Crippen molar-refractivity contribution in [2.75, 3.05) is 20.1 Å². The van der Waals surface area contributed by atoms with Crippen LogP contribution in [-0.2, 0) is 9.84 Å². The molecule has 1 aromatic carbocycles. The lowest BCUT2D eigenvalue weighted by atomic mass is 10.1. The minimum Gasteiger partial charge on any atom is -0.297 e. The van der Waals surface area contributed by atoms with Crippen molar-refractivity contribution in [2.45, 2.75) is 38.0 Å². The number of nitrogens with zero attached hydrogens (tertiary/aromatic N) is 1. The van der Waals surface area contributed by atoms with Crippen LogP contribution in [0.5, 0.6) is 0 Å². The van der Waals surface area contributed by atoms with Crippen LogP contribution in [0.4, 0.5) is 0 Å². The summed E-state index contributed by atoms with van der Waals surface area (Å²) in [5.41, 5.74) is 2.17. The van der Waals surface area contributed by atoms with Crippen LogP contribution in [-0.4, -0.2) is 33.5 Å². The van der Waals surface area contributed by atoms with Crippen molar-refractivity contribution in [1.82, 2.24) is 4.90 Å². The topological polar surface area (TPSA) is 37.4 Å². The molecule has 1 aliphatic heterocycles. The Labute approximate surface area is 122 Å². The van der Waals surface area contributed by atoms with Gasteiger partial charge in [-0.3, -0.25) is 4.90 Å². The van der Waals surface area contributed by atoms with Gasteiger partial charge in [-0.25, -0.2) is 8.42 Å². The van der Waals surface area contributed by atoms with Gasteiger partial charge in [-0.05, 0) is 44.5 Å². The first-order valence-corrected chi connectivity index (χ1v) is 8.64. The second-order valence-corrected chi connectivity index (χ2v) is 7.59. The standard InChI is InChI=1S/C16H23NO2S/c1-4-5-6-14-11-17(3)12-16(14)20(18,19)15-9-7-13(2)8-10-15/h7-10H,4-6,11-12H2,1-3H3. The van der Waals surface area contributed by atoms with E-state index >= 15 is 0 Å². The number of aryl methyl sites for hydroxylation is 1. The monoisotopic (exact) mass is 293 g/mol. The van der Waals surface area contributed by atoms with Crippen molar-refractivity contribution < 1.29 is 8.42 Å². The van der Waals surface area contributed by atoms with Gasteiger partial charge in [-0.1, -0.05) is 31.0 Å². The second kappa shape index (κ2) is 6.10. The van der Waals surface area contributed by atoms with Crippen LogP contribution in [0.3, 0.4) is 0 Å². The zero-order valence-corrected chi connectivity index (χ0v) is 13.3. The highest BCUT2D eigenvalue weighted by Gasteiger charge is 2.29. The third-order valence-electron chi connectivity index (χ3n) is 3.76. The van der Waals surface area contributed by atoms with Crippen molar-refractivity contribution in [3.05, 3.63) is 40.3 Å². The van der Waals surface area contributed by atoms with Gasteiger partial charge in [-0.15, -0.1) is 0 Å². The van der Waals surface area contributed by atoms with E-state index in [2.05, 4.69) is 11.8 Å². The molecular formula is C16H23NO2S. The number of likely N-dealkylation sites (N-methyl/N-ethyl adjacent to an activating group) is 1. The number of unbranched alkanes of at least 4 members (excludes halogenated alkanes) is 1. The summed E-state index contributed by atoms with van der Waals surface area (Å²) < 4.78 is 25.6. The van der Waals surface area contributed by atoms with Crippen molar-refractivity contribution in [3.63, 3.8) is 0 Å². The molecule has 0 spiro atoms. The normalized spacial score (nSPS) is 16.9. The molecule has 3 nitrogen and oxygen atoms in total. The van der Waals surface area contributed by atoms with Crippen molar-refractivity contribution in [2.24, 2.45) is 0 Å². The number of hydrogen-bond donors (Lipinski definition) is 0. The highest BCUT2D eigenvalue weighted by Crippen LogP contribution is 2.30. The van der Waals surface area contributed by atoms with E-state index in [0.717, 1.165) is 36.9 Å². The Morgan fingerprint density at radius 3 is 2.40 bits per heavy atom. The molecule has 20 heavy (non-hydrogen) atoms. The summed E-state index contributed by atoms with van der Waals surface area (Å²) >= 11 is 0. The first-order valence-electron chi connectivity index (χ1n) is 7.16. The van der Waals surface area contributed by atoms with Gasteiger partial charge < -0.3 is 0 Å². The predicted molar refractivity (Wildman–Crippen MR) is 82.4 cm³/mol. The van der Waals surface area contributed by atoms with Gasteiger partial charge in [-0.2, -0.15) is 0 Å². The minimum atomic E-state index is -3.33. The Morgan fingerprint density at radius 1 is 1.15 bits per heavy atom. The van der Waals surface area contributed by atoms with Crippen molar-refractivity contribution >= 4 is 9.84 Å². The maximum Gasteiger partial charge on any atom is 0.204 e. The fraction of sp³-hybridized carbons (Fsp3) is 0.500. The number of sulfone groups is 1. The number of hydrogen-bond acceptors (Lipinski definition) is 3. The highest BCUT2D eigenvalue weighted by molar-refractivity contribution is 7.95. The second-order valence-electron chi connectivity index (χ2n) is 5.62. The van der Waals surface area contributed by atoms with Crippen LogP contribution in [0.2, 0.25) is 0 Å². The largest absolute Gasteiger partial charge is 0.297 e. The summed E-state index contributed by atoms with van der Waals surface area (Å²) in [6.07, 6.45) is 3.03. The van der Waals surface area contributed by atoms with Gasteiger partial charge in [0, 0.05) is 13.1 Å². The lowest BCUT2D eigenvalue weighted by Gasteiger charge is -2.09. The molecule has 0 saturated carbocycles. The maximum absolute atomic E-state index is 12.8. The quantitative estimate of drug-likeness (QED) is 0.837. The molecule has 0 amide bonds. The average Bonchev–Trinajstić information content (AvgIpc) is 2.79. The van der Waals surface area contributed by atoms with E-state index in [1.807, 2.05) is 26.1 Å². The van der Waals surface area contributed by atoms with Crippen LogP contribution >= 0.6 is 0 Å². The Balaban J connectivity index is 2.38. The van der Waals surface area contributed by atoms with Gasteiger partial charge in [0.15, 0.2) is 0 Å². The summed E-state index contributed by atoms with van der Waals surface area (Å²) in [6.45, 7) is 5.41. The van der Waals surface area contributed by atoms with E-state index in [1.165, 1.54) is 0 Å². The molecule has 0 bridgehead atoms. The zero-order chi connectivity index (χ0) is 14.8. The molecule has 1 heterocycles. The van der Waals surface area contributed by atoms with Crippen LogP contribution in [0, 0.1) is 6.92 Å². The lowest BCUT2D eigenvalue weighted by Crippen LogP contribution is -2.17. The lowest BCUT2D eigenvalue weighted by molar-refractivity contribution is 0.423. The van der Waals surface area contributed by atoms with E-state index in [0.29, 0.717) is 16.3 Å². The minimum absolute atomic E-state index is 0.419. The third-order valence-corrected chi connectivity index (χ3v) is 5.72. The van der Waals surface area contributed by atoms with Gasteiger partial charge in [0.2, 0.25) is 9.84 Å². The van der Waals surface area contributed by atoms with Crippen molar-refractivity contribution in [1.29, 1.82) is 0 Å². The van der Waals surface area contributed by atoms with Crippen molar-refractivity contribution in [3.8, 4) is 0 Å². The summed E-state index contributed by atoms with van der Waals surface area (Å²) in [6, 6.07) is 7.15. The van der Waals surface area contributed by atoms with E-state index in [9.17, 15) is 8.42 Å². The zero-order valence-electron chi connectivity index (χ0n) is 12.5. The Morgan fingerprint density at radius 2 is 1.80 bits per heavy atom. The summed E-state index contributed by atoms with van der Waals surface area (Å²) in [5.74, 6) is 0. The van der Waals surface area contributed by atoms with Gasteiger partial charge in [0.1, 0.15) is 0 Å². The first-order chi connectivity index (χ1) is 9.45. The molecule has 0 unspecified atom stereocenters. The average molecular weight is 293 g/mol. The predicted octanol–water partition coefficient (Wildman–Crippen LogP) is 3.16. The van der Waals surface area contributed by atoms with Gasteiger partial charge >= 0.3 is 0 Å². The Bertz CT molecular complexity index is 600. The number of rotatable bonds is 5.